The normalized spacial score (nSPS) is 19.2. The van der Waals surface area contributed by atoms with Crippen LogP contribution in [0.15, 0.2) is 18.2 Å². The Morgan fingerprint density at radius 1 is 1.25 bits per heavy atom. The number of halogens is 2. The maximum absolute atomic E-state index is 6.33. The molecule has 0 aromatic heterocycles. The molecule has 1 aliphatic rings. The molecule has 1 unspecified atom stereocenters. The van der Waals surface area contributed by atoms with Gasteiger partial charge < -0.3 is 5.73 Å². The van der Waals surface area contributed by atoms with Gasteiger partial charge in [0, 0.05) is 28.2 Å². The molecule has 4 heteroatoms. The molecule has 2 nitrogen and oxygen atoms in total. The van der Waals surface area contributed by atoms with E-state index < -0.39 is 0 Å². The number of nitrogens with zero attached hydrogens (tertiary/aromatic N) is 1. The second kappa shape index (κ2) is 7.65. The van der Waals surface area contributed by atoms with Crippen LogP contribution in [-0.2, 0) is 0 Å². The fourth-order valence-electron chi connectivity index (χ4n) is 3.24. The zero-order valence-corrected chi connectivity index (χ0v) is 13.6. The van der Waals surface area contributed by atoms with Crippen molar-refractivity contribution in [3.8, 4) is 0 Å². The van der Waals surface area contributed by atoms with Gasteiger partial charge in [-0.2, -0.15) is 0 Å². The van der Waals surface area contributed by atoms with Gasteiger partial charge in [-0.15, -0.1) is 0 Å². The van der Waals surface area contributed by atoms with E-state index in [4.69, 9.17) is 28.9 Å². The number of piperidine rings is 1. The summed E-state index contributed by atoms with van der Waals surface area (Å²) in [5.41, 5.74) is 7.00. The molecule has 1 aromatic carbocycles. The Labute approximate surface area is 132 Å². The maximum atomic E-state index is 6.33. The first kappa shape index (κ1) is 16.1. The number of rotatable bonds is 5. The minimum absolute atomic E-state index is 0.138. The summed E-state index contributed by atoms with van der Waals surface area (Å²) in [5, 5.41) is 1.45. The third-order valence-electron chi connectivity index (χ3n) is 4.34. The molecule has 0 amide bonds. The van der Waals surface area contributed by atoms with Gasteiger partial charge in [-0.3, -0.25) is 4.90 Å². The largest absolute Gasteiger partial charge is 0.329 e. The van der Waals surface area contributed by atoms with Crippen LogP contribution < -0.4 is 5.73 Å². The summed E-state index contributed by atoms with van der Waals surface area (Å²) < 4.78 is 0. The number of benzene rings is 1. The first-order valence-electron chi connectivity index (χ1n) is 7.55. The van der Waals surface area contributed by atoms with Crippen molar-refractivity contribution in [3.05, 3.63) is 33.8 Å². The van der Waals surface area contributed by atoms with E-state index in [0.29, 0.717) is 6.54 Å². The van der Waals surface area contributed by atoms with Crippen LogP contribution in [0.25, 0.3) is 0 Å². The van der Waals surface area contributed by atoms with Crippen LogP contribution in [0.4, 0.5) is 0 Å². The van der Waals surface area contributed by atoms with E-state index in [9.17, 15) is 0 Å². The molecular formula is C16H24Cl2N2. The smallest absolute Gasteiger partial charge is 0.0500 e. The molecule has 0 saturated carbocycles. The van der Waals surface area contributed by atoms with E-state index in [2.05, 4.69) is 11.8 Å². The van der Waals surface area contributed by atoms with E-state index in [1.165, 1.54) is 25.7 Å². The van der Waals surface area contributed by atoms with Crippen LogP contribution in [0.3, 0.4) is 0 Å². The Bertz CT molecular complexity index is 408. The first-order valence-corrected chi connectivity index (χ1v) is 8.31. The lowest BCUT2D eigenvalue weighted by molar-refractivity contribution is 0.132. The van der Waals surface area contributed by atoms with Gasteiger partial charge in [-0.25, -0.2) is 0 Å². The van der Waals surface area contributed by atoms with Crippen LogP contribution >= 0.6 is 23.2 Å². The molecular weight excluding hydrogens is 291 g/mol. The predicted molar refractivity (Wildman–Crippen MR) is 87.5 cm³/mol. The van der Waals surface area contributed by atoms with Crippen molar-refractivity contribution >= 4 is 23.2 Å². The quantitative estimate of drug-likeness (QED) is 0.866. The highest BCUT2D eigenvalue weighted by atomic mass is 35.5. The molecule has 1 saturated heterocycles. The third-order valence-corrected chi connectivity index (χ3v) is 5.00. The monoisotopic (exact) mass is 314 g/mol. The van der Waals surface area contributed by atoms with Crippen LogP contribution in [-0.4, -0.2) is 24.5 Å². The highest BCUT2D eigenvalue weighted by Gasteiger charge is 2.27. The highest BCUT2D eigenvalue weighted by Crippen LogP contribution is 2.35. The summed E-state index contributed by atoms with van der Waals surface area (Å²) in [5.74, 6) is 0.872. The highest BCUT2D eigenvalue weighted by molar-refractivity contribution is 6.36. The molecule has 0 radical (unpaired) electrons. The van der Waals surface area contributed by atoms with Gasteiger partial charge in [0.25, 0.3) is 0 Å². The summed E-state index contributed by atoms with van der Waals surface area (Å²) in [6, 6.07) is 5.82. The van der Waals surface area contributed by atoms with E-state index in [1.807, 2.05) is 18.2 Å². The number of nitrogens with two attached hydrogens (primary N) is 1. The Balaban J connectivity index is 2.10. The van der Waals surface area contributed by atoms with Crippen molar-refractivity contribution in [2.24, 2.45) is 11.7 Å². The first-order chi connectivity index (χ1) is 9.67. The zero-order chi connectivity index (χ0) is 14.5. The molecule has 2 N–H and O–H groups in total. The molecule has 20 heavy (non-hydrogen) atoms. The molecule has 1 fully saturated rings. The van der Waals surface area contributed by atoms with Crippen LogP contribution in [0, 0.1) is 5.92 Å². The molecule has 0 aliphatic carbocycles. The molecule has 0 spiro atoms. The number of hydrogen-bond acceptors (Lipinski definition) is 2. The average Bonchev–Trinajstić information content (AvgIpc) is 2.45. The van der Waals surface area contributed by atoms with Crippen LogP contribution in [0.1, 0.15) is 44.2 Å². The van der Waals surface area contributed by atoms with Crippen molar-refractivity contribution < 1.29 is 0 Å². The standard InChI is InChI=1S/C16H24Cl2N2/c1-2-4-12-7-9-20(10-8-12)15(11-19)16-13(17)5-3-6-14(16)18/h3,5-6,12,15H,2,4,7-11,19H2,1H3. The molecule has 112 valence electrons. The zero-order valence-electron chi connectivity index (χ0n) is 12.1. The third kappa shape index (κ3) is 3.67. The van der Waals surface area contributed by atoms with Gasteiger partial charge in [0.05, 0.1) is 0 Å². The van der Waals surface area contributed by atoms with Crippen LogP contribution in [0.2, 0.25) is 10.0 Å². The summed E-state index contributed by atoms with van der Waals surface area (Å²) in [7, 11) is 0. The van der Waals surface area contributed by atoms with E-state index in [0.717, 1.165) is 34.6 Å². The van der Waals surface area contributed by atoms with Gasteiger partial charge in [-0.05, 0) is 44.0 Å². The van der Waals surface area contributed by atoms with E-state index in [1.54, 1.807) is 0 Å². The van der Waals surface area contributed by atoms with Gasteiger partial charge in [0.1, 0.15) is 0 Å². The molecule has 0 bridgehead atoms. The number of hydrogen-bond donors (Lipinski definition) is 1. The predicted octanol–water partition coefficient (Wildman–Crippen LogP) is 4.51. The lowest BCUT2D eigenvalue weighted by Crippen LogP contribution is -2.40. The Morgan fingerprint density at radius 2 is 1.85 bits per heavy atom. The van der Waals surface area contributed by atoms with Crippen molar-refractivity contribution in [1.82, 2.24) is 4.90 Å². The maximum Gasteiger partial charge on any atom is 0.0500 e. The number of likely N-dealkylation sites (tertiary alicyclic amines) is 1. The van der Waals surface area contributed by atoms with Gasteiger partial charge >= 0.3 is 0 Å². The minimum atomic E-state index is 0.138. The van der Waals surface area contributed by atoms with Gasteiger partial charge in [-0.1, -0.05) is 49.0 Å². The lowest BCUT2D eigenvalue weighted by Gasteiger charge is -2.38. The summed E-state index contributed by atoms with van der Waals surface area (Å²) in [6.07, 6.45) is 5.13. The second-order valence-corrected chi connectivity index (χ2v) is 6.47. The summed E-state index contributed by atoms with van der Waals surface area (Å²) >= 11 is 12.7. The van der Waals surface area contributed by atoms with Crippen LogP contribution in [0.5, 0.6) is 0 Å². The van der Waals surface area contributed by atoms with Gasteiger partial charge in [0.2, 0.25) is 0 Å². The van der Waals surface area contributed by atoms with Crippen molar-refractivity contribution in [2.45, 2.75) is 38.6 Å². The fourth-order valence-corrected chi connectivity index (χ4v) is 3.89. The van der Waals surface area contributed by atoms with Gasteiger partial charge in [0.15, 0.2) is 0 Å². The molecule has 1 aliphatic heterocycles. The lowest BCUT2D eigenvalue weighted by atomic mass is 9.91. The van der Waals surface area contributed by atoms with Crippen molar-refractivity contribution in [1.29, 1.82) is 0 Å². The Kier molecular flexibility index (Phi) is 6.16. The van der Waals surface area contributed by atoms with E-state index in [-0.39, 0.29) is 6.04 Å². The second-order valence-electron chi connectivity index (χ2n) is 5.65. The average molecular weight is 315 g/mol. The summed E-state index contributed by atoms with van der Waals surface area (Å²) in [6.45, 7) is 5.00. The Morgan fingerprint density at radius 3 is 2.35 bits per heavy atom. The summed E-state index contributed by atoms with van der Waals surface area (Å²) in [4.78, 5) is 2.44. The fraction of sp³-hybridized carbons (Fsp3) is 0.625. The van der Waals surface area contributed by atoms with Crippen molar-refractivity contribution in [3.63, 3.8) is 0 Å². The Hall–Kier alpha value is -0.280. The minimum Gasteiger partial charge on any atom is -0.329 e. The molecule has 1 aromatic rings. The van der Waals surface area contributed by atoms with E-state index >= 15 is 0 Å². The molecule has 1 heterocycles. The topological polar surface area (TPSA) is 29.3 Å². The SMILES string of the molecule is CCCC1CCN(C(CN)c2c(Cl)cccc2Cl)CC1. The molecule has 1 atom stereocenters. The molecule has 2 rings (SSSR count). The van der Waals surface area contributed by atoms with Crippen molar-refractivity contribution in [2.75, 3.05) is 19.6 Å².